The second-order valence-electron chi connectivity index (χ2n) is 7.21. The maximum absolute atomic E-state index is 10.0. The number of aliphatic hydroxyl groups is 1. The third kappa shape index (κ3) is 4.57. The molecule has 1 aromatic carbocycles. The van der Waals surface area contributed by atoms with E-state index >= 15 is 0 Å². The van der Waals surface area contributed by atoms with E-state index in [-0.39, 0.29) is 11.5 Å². The molecule has 0 saturated heterocycles. The third-order valence-electron chi connectivity index (χ3n) is 3.97. The molecule has 0 spiro atoms. The van der Waals surface area contributed by atoms with Gasteiger partial charge in [-0.05, 0) is 42.2 Å². The van der Waals surface area contributed by atoms with E-state index in [1.807, 2.05) is 0 Å². The Morgan fingerprint density at radius 1 is 1.30 bits per heavy atom. The molecular weight excluding hydrogens is 314 g/mol. The molecule has 1 fully saturated rings. The Bertz CT molecular complexity index is 435. The Morgan fingerprint density at radius 3 is 2.55 bits per heavy atom. The molecule has 1 aliphatic carbocycles. The van der Waals surface area contributed by atoms with Gasteiger partial charge in [0.1, 0.15) is 0 Å². The number of aliphatic hydroxyl groups excluding tert-OH is 1. The minimum absolute atomic E-state index is 0.193. The third-order valence-corrected chi connectivity index (χ3v) is 4.70. The molecule has 0 aliphatic heterocycles. The molecule has 1 aromatic rings. The summed E-state index contributed by atoms with van der Waals surface area (Å²) in [7, 11) is 0. The van der Waals surface area contributed by atoms with Crippen LogP contribution in [0.15, 0.2) is 28.7 Å². The quantitative estimate of drug-likeness (QED) is 0.846. The van der Waals surface area contributed by atoms with Gasteiger partial charge >= 0.3 is 0 Å². The van der Waals surface area contributed by atoms with Crippen LogP contribution in [0.4, 0.5) is 0 Å². The minimum atomic E-state index is -0.238. The predicted molar refractivity (Wildman–Crippen MR) is 88.0 cm³/mol. The molecule has 2 N–H and O–H groups in total. The summed E-state index contributed by atoms with van der Waals surface area (Å²) in [6.07, 6.45) is 2.95. The number of hydrogen-bond donors (Lipinski definition) is 2. The van der Waals surface area contributed by atoms with Crippen molar-refractivity contribution >= 4 is 15.9 Å². The topological polar surface area (TPSA) is 32.3 Å². The van der Waals surface area contributed by atoms with Crippen molar-refractivity contribution in [2.75, 3.05) is 6.54 Å². The molecule has 3 heteroatoms. The second-order valence-corrected chi connectivity index (χ2v) is 8.07. The predicted octanol–water partition coefficient (Wildman–Crippen LogP) is 4.08. The Morgan fingerprint density at radius 2 is 1.95 bits per heavy atom. The lowest BCUT2D eigenvalue weighted by atomic mass is 9.76. The van der Waals surface area contributed by atoms with Gasteiger partial charge in [-0.15, -0.1) is 0 Å². The van der Waals surface area contributed by atoms with E-state index in [4.69, 9.17) is 0 Å². The van der Waals surface area contributed by atoms with Crippen molar-refractivity contribution in [1.82, 2.24) is 5.32 Å². The number of benzene rings is 1. The van der Waals surface area contributed by atoms with Gasteiger partial charge in [0, 0.05) is 17.1 Å². The van der Waals surface area contributed by atoms with Gasteiger partial charge in [0.05, 0.1) is 6.10 Å². The molecule has 0 bridgehead atoms. The highest BCUT2D eigenvalue weighted by molar-refractivity contribution is 9.10. The fraction of sp³-hybridized carbons (Fsp3) is 0.647. The van der Waals surface area contributed by atoms with Crippen LogP contribution in [0, 0.1) is 5.41 Å². The van der Waals surface area contributed by atoms with Crippen molar-refractivity contribution in [3.8, 4) is 0 Å². The number of hydrogen-bond acceptors (Lipinski definition) is 2. The molecule has 0 radical (unpaired) electrons. The molecule has 0 aromatic heterocycles. The first-order valence-electron chi connectivity index (χ1n) is 7.51. The van der Waals surface area contributed by atoms with Crippen molar-refractivity contribution in [3.63, 3.8) is 0 Å². The van der Waals surface area contributed by atoms with Crippen molar-refractivity contribution in [2.24, 2.45) is 5.41 Å². The van der Waals surface area contributed by atoms with Crippen molar-refractivity contribution in [2.45, 2.75) is 58.1 Å². The fourth-order valence-electron chi connectivity index (χ4n) is 2.93. The highest BCUT2D eigenvalue weighted by Crippen LogP contribution is 2.39. The van der Waals surface area contributed by atoms with E-state index in [1.54, 1.807) is 0 Å². The van der Waals surface area contributed by atoms with Gasteiger partial charge in [-0.25, -0.2) is 0 Å². The molecule has 2 nitrogen and oxygen atoms in total. The highest BCUT2D eigenvalue weighted by Gasteiger charge is 2.31. The van der Waals surface area contributed by atoms with Gasteiger partial charge in [0.2, 0.25) is 0 Å². The maximum Gasteiger partial charge on any atom is 0.0669 e. The lowest BCUT2D eigenvalue weighted by molar-refractivity contribution is 0.110. The fourth-order valence-corrected chi connectivity index (χ4v) is 3.53. The smallest absolute Gasteiger partial charge is 0.0669 e. The Kier molecular flexibility index (Phi) is 5.27. The SMILES string of the molecule is CC(C)(C)CC(O)CNC1CC(c2ccccc2Br)C1. The molecule has 0 heterocycles. The monoisotopic (exact) mass is 339 g/mol. The van der Waals surface area contributed by atoms with Crippen LogP contribution in [0.2, 0.25) is 0 Å². The average Bonchev–Trinajstić information content (AvgIpc) is 2.26. The maximum atomic E-state index is 10.0. The Balaban J connectivity index is 1.71. The molecular formula is C17H26BrNO. The first-order valence-corrected chi connectivity index (χ1v) is 8.30. The van der Waals surface area contributed by atoms with Crippen LogP contribution >= 0.6 is 15.9 Å². The zero-order valence-electron chi connectivity index (χ0n) is 12.7. The minimum Gasteiger partial charge on any atom is -0.392 e. The van der Waals surface area contributed by atoms with E-state index in [0.29, 0.717) is 18.5 Å². The lowest BCUT2D eigenvalue weighted by Crippen LogP contribution is -2.44. The summed E-state index contributed by atoms with van der Waals surface area (Å²) >= 11 is 3.63. The van der Waals surface area contributed by atoms with Gasteiger partial charge in [0.15, 0.2) is 0 Å². The molecule has 20 heavy (non-hydrogen) atoms. The Hall–Kier alpha value is -0.380. The normalized spacial score (nSPS) is 24.2. The average molecular weight is 340 g/mol. The Labute approximate surface area is 131 Å². The van der Waals surface area contributed by atoms with E-state index in [2.05, 4.69) is 66.3 Å². The van der Waals surface area contributed by atoms with Gasteiger partial charge < -0.3 is 10.4 Å². The van der Waals surface area contributed by atoms with Crippen molar-refractivity contribution < 1.29 is 5.11 Å². The van der Waals surface area contributed by atoms with E-state index in [9.17, 15) is 5.11 Å². The van der Waals surface area contributed by atoms with Gasteiger partial charge in [-0.3, -0.25) is 0 Å². The van der Waals surface area contributed by atoms with Gasteiger partial charge in [0.25, 0.3) is 0 Å². The molecule has 1 aliphatic rings. The first-order chi connectivity index (χ1) is 9.35. The molecule has 1 atom stereocenters. The van der Waals surface area contributed by atoms with Crippen LogP contribution in [0.3, 0.4) is 0 Å². The molecule has 0 amide bonds. The summed E-state index contributed by atoms with van der Waals surface area (Å²) in [4.78, 5) is 0. The molecule has 112 valence electrons. The first kappa shape index (κ1) is 16.0. The van der Waals surface area contributed by atoms with E-state index in [1.165, 1.54) is 22.9 Å². The number of halogens is 1. The number of rotatable bonds is 5. The summed E-state index contributed by atoms with van der Waals surface area (Å²) in [5.74, 6) is 0.655. The zero-order valence-corrected chi connectivity index (χ0v) is 14.3. The van der Waals surface area contributed by atoms with Crippen LogP contribution in [0.25, 0.3) is 0 Å². The molecule has 2 rings (SSSR count). The second kappa shape index (κ2) is 6.59. The zero-order chi connectivity index (χ0) is 14.8. The standard InChI is InChI=1S/C17H26BrNO/c1-17(2,3)10-14(20)11-19-13-8-12(9-13)15-6-4-5-7-16(15)18/h4-7,12-14,19-20H,8-11H2,1-3H3. The summed E-state index contributed by atoms with van der Waals surface area (Å²) < 4.78 is 1.22. The van der Waals surface area contributed by atoms with Gasteiger partial charge in [-0.2, -0.15) is 0 Å². The van der Waals surface area contributed by atoms with Gasteiger partial charge in [-0.1, -0.05) is 54.9 Å². The summed E-state index contributed by atoms with van der Waals surface area (Å²) in [6, 6.07) is 9.04. The number of nitrogens with one attached hydrogen (secondary N) is 1. The summed E-state index contributed by atoms with van der Waals surface area (Å²) in [5.41, 5.74) is 1.61. The van der Waals surface area contributed by atoms with E-state index in [0.717, 1.165) is 6.42 Å². The summed E-state index contributed by atoms with van der Waals surface area (Å²) in [6.45, 7) is 7.22. The van der Waals surface area contributed by atoms with Crippen LogP contribution in [-0.4, -0.2) is 23.8 Å². The molecule has 1 saturated carbocycles. The van der Waals surface area contributed by atoms with Crippen LogP contribution in [0.1, 0.15) is 51.5 Å². The van der Waals surface area contributed by atoms with Crippen LogP contribution in [0.5, 0.6) is 0 Å². The molecule has 1 unspecified atom stereocenters. The lowest BCUT2D eigenvalue weighted by Gasteiger charge is -2.37. The van der Waals surface area contributed by atoms with Crippen LogP contribution < -0.4 is 5.32 Å². The van der Waals surface area contributed by atoms with Crippen molar-refractivity contribution in [1.29, 1.82) is 0 Å². The van der Waals surface area contributed by atoms with Crippen molar-refractivity contribution in [3.05, 3.63) is 34.3 Å². The largest absolute Gasteiger partial charge is 0.392 e. The highest BCUT2D eigenvalue weighted by atomic mass is 79.9. The van der Waals surface area contributed by atoms with Crippen LogP contribution in [-0.2, 0) is 0 Å². The summed E-state index contributed by atoms with van der Waals surface area (Å²) in [5, 5.41) is 13.5. The van der Waals surface area contributed by atoms with E-state index < -0.39 is 0 Å².